The number of amidine groups is 1. The van der Waals surface area contributed by atoms with Crippen LogP contribution in [0, 0.1) is 5.82 Å². The van der Waals surface area contributed by atoms with Gasteiger partial charge < -0.3 is 0 Å². The molecule has 0 aromatic heterocycles. The molecule has 0 fully saturated rings. The van der Waals surface area contributed by atoms with Gasteiger partial charge in [-0.1, -0.05) is 17.7 Å². The van der Waals surface area contributed by atoms with Gasteiger partial charge >= 0.3 is 5.17 Å². The molecule has 5 heteroatoms. The third kappa shape index (κ3) is 2.63. The van der Waals surface area contributed by atoms with Gasteiger partial charge in [0.25, 0.3) is 0 Å². The molecule has 80 valence electrons. The van der Waals surface area contributed by atoms with Gasteiger partial charge in [-0.05, 0) is 23.9 Å². The van der Waals surface area contributed by atoms with Crippen molar-refractivity contribution in [2.24, 2.45) is 0 Å². The number of halogens is 2. The van der Waals surface area contributed by atoms with Crippen LogP contribution < -0.4 is 10.3 Å². The first-order valence-electron chi connectivity index (χ1n) is 4.68. The highest BCUT2D eigenvalue weighted by Crippen LogP contribution is 2.23. The first kappa shape index (κ1) is 10.8. The Balaban J connectivity index is 2.04. The standard InChI is InChI=1S/C10H10ClFN2S/c11-8-2-1-3-9(12)7(8)6-15-10-13-4-5-14-10/h1-3H,4-6H2,(H,13,14)/p+1. The van der Waals surface area contributed by atoms with Crippen LogP contribution >= 0.6 is 23.4 Å². The number of thioether (sulfide) groups is 1. The molecular formula is C10H11ClFN2S+. The van der Waals surface area contributed by atoms with Gasteiger partial charge in [0.15, 0.2) is 0 Å². The zero-order valence-corrected chi connectivity index (χ0v) is 9.59. The maximum Gasteiger partial charge on any atom is 0.304 e. The van der Waals surface area contributed by atoms with Gasteiger partial charge in [-0.25, -0.2) is 4.39 Å². The summed E-state index contributed by atoms with van der Waals surface area (Å²) in [6.07, 6.45) is 0. The summed E-state index contributed by atoms with van der Waals surface area (Å²) in [6.45, 7) is 1.85. The number of benzene rings is 1. The molecule has 15 heavy (non-hydrogen) atoms. The SMILES string of the molecule is Fc1cccc(Cl)c1CSC1=[NH+]CCN1. The van der Waals surface area contributed by atoms with Crippen molar-refractivity contribution in [1.29, 1.82) is 0 Å². The van der Waals surface area contributed by atoms with Crippen LogP contribution in [0.2, 0.25) is 5.02 Å². The Labute approximate surface area is 96.9 Å². The van der Waals surface area contributed by atoms with Crippen LogP contribution in [0.3, 0.4) is 0 Å². The molecule has 2 rings (SSSR count). The van der Waals surface area contributed by atoms with E-state index >= 15 is 0 Å². The summed E-state index contributed by atoms with van der Waals surface area (Å²) >= 11 is 7.45. The molecule has 0 saturated carbocycles. The molecule has 0 atom stereocenters. The summed E-state index contributed by atoms with van der Waals surface area (Å²) in [5.74, 6) is 0.300. The molecule has 1 heterocycles. The van der Waals surface area contributed by atoms with E-state index in [2.05, 4.69) is 10.3 Å². The minimum Gasteiger partial charge on any atom is -0.265 e. The fourth-order valence-corrected chi connectivity index (χ4v) is 2.63. The molecule has 2 nitrogen and oxygen atoms in total. The van der Waals surface area contributed by atoms with Crippen molar-refractivity contribution in [3.63, 3.8) is 0 Å². The predicted molar refractivity (Wildman–Crippen MR) is 61.5 cm³/mol. The minimum atomic E-state index is -0.242. The molecule has 0 unspecified atom stereocenters. The lowest BCUT2D eigenvalue weighted by Crippen LogP contribution is -2.69. The molecule has 0 bridgehead atoms. The lowest BCUT2D eigenvalue weighted by Gasteiger charge is -2.03. The molecule has 2 N–H and O–H groups in total. The van der Waals surface area contributed by atoms with Crippen LogP contribution in [0.5, 0.6) is 0 Å². The normalized spacial score (nSPS) is 14.9. The summed E-state index contributed by atoms with van der Waals surface area (Å²) in [5, 5.41) is 4.65. The molecule has 1 aliphatic heterocycles. The minimum absolute atomic E-state index is 0.242. The largest absolute Gasteiger partial charge is 0.304 e. The van der Waals surface area contributed by atoms with Gasteiger partial charge in [0.1, 0.15) is 18.9 Å². The van der Waals surface area contributed by atoms with Crippen molar-refractivity contribution >= 4 is 28.5 Å². The summed E-state index contributed by atoms with van der Waals surface area (Å²) < 4.78 is 13.4. The highest BCUT2D eigenvalue weighted by atomic mass is 35.5. The molecule has 1 aromatic carbocycles. The second-order valence-corrected chi connectivity index (χ2v) is 4.56. The maximum atomic E-state index is 13.4. The second kappa shape index (κ2) is 4.86. The zero-order chi connectivity index (χ0) is 10.7. The maximum absolute atomic E-state index is 13.4. The van der Waals surface area contributed by atoms with Gasteiger partial charge in [-0.2, -0.15) is 0 Å². The lowest BCUT2D eigenvalue weighted by atomic mass is 10.2. The summed E-state index contributed by atoms with van der Waals surface area (Å²) in [7, 11) is 0. The van der Waals surface area contributed by atoms with E-state index < -0.39 is 0 Å². The fourth-order valence-electron chi connectivity index (χ4n) is 1.33. The highest BCUT2D eigenvalue weighted by molar-refractivity contribution is 8.12. The molecule has 0 spiro atoms. The van der Waals surface area contributed by atoms with Crippen molar-refractivity contribution in [2.75, 3.05) is 13.1 Å². The van der Waals surface area contributed by atoms with Gasteiger partial charge in [0, 0.05) is 16.3 Å². The Morgan fingerprint density at radius 1 is 1.53 bits per heavy atom. The van der Waals surface area contributed by atoms with Crippen molar-refractivity contribution in [3.05, 3.63) is 34.6 Å². The Morgan fingerprint density at radius 2 is 2.40 bits per heavy atom. The van der Waals surface area contributed by atoms with Gasteiger partial charge in [-0.15, -0.1) is 0 Å². The molecule has 1 aliphatic rings. The number of nitrogens with one attached hydrogen (secondary N) is 2. The Bertz CT molecular complexity index is 375. The highest BCUT2D eigenvalue weighted by Gasteiger charge is 2.15. The molecule has 0 radical (unpaired) electrons. The molecular weight excluding hydrogens is 235 g/mol. The van der Waals surface area contributed by atoms with E-state index in [-0.39, 0.29) is 5.82 Å². The monoisotopic (exact) mass is 245 g/mol. The van der Waals surface area contributed by atoms with Crippen LogP contribution in [-0.2, 0) is 5.75 Å². The van der Waals surface area contributed by atoms with Crippen LogP contribution in [0.4, 0.5) is 4.39 Å². The number of rotatable bonds is 2. The van der Waals surface area contributed by atoms with Crippen molar-refractivity contribution < 1.29 is 9.38 Å². The first-order valence-corrected chi connectivity index (χ1v) is 6.04. The molecule has 0 aliphatic carbocycles. The Hall–Kier alpha value is -0.740. The van der Waals surface area contributed by atoms with E-state index in [1.165, 1.54) is 17.8 Å². The Morgan fingerprint density at radius 3 is 3.07 bits per heavy atom. The third-order valence-corrected chi connectivity index (χ3v) is 3.48. The average Bonchev–Trinajstić information content (AvgIpc) is 2.70. The molecule has 0 amide bonds. The van der Waals surface area contributed by atoms with Crippen LogP contribution in [-0.4, -0.2) is 18.3 Å². The summed E-state index contributed by atoms with van der Waals surface area (Å²) in [6, 6.07) is 4.76. The fraction of sp³-hybridized carbons (Fsp3) is 0.300. The zero-order valence-electron chi connectivity index (χ0n) is 8.02. The van der Waals surface area contributed by atoms with E-state index in [1.54, 1.807) is 12.1 Å². The van der Waals surface area contributed by atoms with E-state index in [4.69, 9.17) is 11.6 Å². The van der Waals surface area contributed by atoms with E-state index in [0.717, 1.165) is 18.3 Å². The molecule has 1 aromatic rings. The van der Waals surface area contributed by atoms with Crippen LogP contribution in [0.25, 0.3) is 0 Å². The summed E-state index contributed by atoms with van der Waals surface area (Å²) in [4.78, 5) is 3.17. The number of hydrogen-bond acceptors (Lipinski definition) is 2. The lowest BCUT2D eigenvalue weighted by molar-refractivity contribution is -0.441. The molecule has 0 saturated heterocycles. The predicted octanol–water partition coefficient (Wildman–Crippen LogP) is 0.752. The first-order chi connectivity index (χ1) is 7.27. The average molecular weight is 246 g/mol. The van der Waals surface area contributed by atoms with E-state index in [1.807, 2.05) is 0 Å². The van der Waals surface area contributed by atoms with Gasteiger partial charge in [0.05, 0.1) is 0 Å². The van der Waals surface area contributed by atoms with Gasteiger partial charge in [0.2, 0.25) is 0 Å². The van der Waals surface area contributed by atoms with Crippen molar-refractivity contribution in [3.8, 4) is 0 Å². The summed E-state index contributed by atoms with van der Waals surface area (Å²) in [5.41, 5.74) is 0.562. The van der Waals surface area contributed by atoms with Crippen molar-refractivity contribution in [1.82, 2.24) is 5.32 Å². The topological polar surface area (TPSA) is 26.0 Å². The smallest absolute Gasteiger partial charge is 0.265 e. The second-order valence-electron chi connectivity index (χ2n) is 3.17. The quantitative estimate of drug-likeness (QED) is 0.805. The van der Waals surface area contributed by atoms with Crippen molar-refractivity contribution in [2.45, 2.75) is 5.75 Å². The van der Waals surface area contributed by atoms with Gasteiger partial charge in [-0.3, -0.25) is 10.3 Å². The van der Waals surface area contributed by atoms with Crippen LogP contribution in [0.1, 0.15) is 5.56 Å². The van der Waals surface area contributed by atoms with E-state index in [0.29, 0.717) is 16.3 Å². The van der Waals surface area contributed by atoms with Crippen LogP contribution in [0.15, 0.2) is 18.2 Å². The van der Waals surface area contributed by atoms with E-state index in [9.17, 15) is 4.39 Å². The number of hydrogen-bond donors (Lipinski definition) is 2. The third-order valence-electron chi connectivity index (χ3n) is 2.12. The Kier molecular flexibility index (Phi) is 3.49.